The molecule has 1 amide bonds. The van der Waals surface area contributed by atoms with Crippen molar-refractivity contribution in [1.29, 1.82) is 0 Å². The molecule has 2 aromatic rings. The standard InChI is InChI=1S/C14H17N3O2S/c1-10-16-13(19-17-10)7-8-15-14(18)12(20)9-11-5-3-2-4-6-11/h2-6,12,20H,7-9H2,1H3,(H,15,18). The second kappa shape index (κ2) is 7.09. The van der Waals surface area contributed by atoms with Gasteiger partial charge in [0, 0.05) is 13.0 Å². The highest BCUT2D eigenvalue weighted by atomic mass is 32.1. The molecule has 0 spiro atoms. The minimum Gasteiger partial charge on any atom is -0.355 e. The number of hydrogen-bond donors (Lipinski definition) is 2. The molecule has 1 N–H and O–H groups in total. The largest absolute Gasteiger partial charge is 0.355 e. The van der Waals surface area contributed by atoms with Crippen molar-refractivity contribution in [2.75, 3.05) is 6.54 Å². The van der Waals surface area contributed by atoms with Gasteiger partial charge in [0.1, 0.15) is 0 Å². The van der Waals surface area contributed by atoms with Crippen LogP contribution < -0.4 is 5.32 Å². The Balaban J connectivity index is 1.74. The lowest BCUT2D eigenvalue weighted by Gasteiger charge is -2.10. The van der Waals surface area contributed by atoms with E-state index in [1.165, 1.54) is 0 Å². The summed E-state index contributed by atoms with van der Waals surface area (Å²) in [5.41, 5.74) is 1.09. The number of aromatic nitrogens is 2. The summed E-state index contributed by atoms with van der Waals surface area (Å²) >= 11 is 4.34. The summed E-state index contributed by atoms with van der Waals surface area (Å²) in [6, 6.07) is 9.82. The van der Waals surface area contributed by atoms with Crippen LogP contribution in [0.2, 0.25) is 0 Å². The molecule has 0 fully saturated rings. The smallest absolute Gasteiger partial charge is 0.233 e. The van der Waals surface area contributed by atoms with Gasteiger partial charge in [-0.25, -0.2) is 0 Å². The van der Waals surface area contributed by atoms with E-state index in [0.717, 1.165) is 5.56 Å². The van der Waals surface area contributed by atoms with Crippen molar-refractivity contribution in [3.05, 3.63) is 47.6 Å². The Hall–Kier alpha value is -1.82. The van der Waals surface area contributed by atoms with Gasteiger partial charge in [-0.15, -0.1) is 0 Å². The van der Waals surface area contributed by atoms with E-state index in [2.05, 4.69) is 28.1 Å². The molecular formula is C14H17N3O2S. The first-order chi connectivity index (χ1) is 9.65. The van der Waals surface area contributed by atoms with Gasteiger partial charge in [0.15, 0.2) is 5.82 Å². The van der Waals surface area contributed by atoms with Crippen molar-refractivity contribution in [2.45, 2.75) is 25.0 Å². The Bertz CT molecular complexity index is 557. The summed E-state index contributed by atoms with van der Waals surface area (Å²) in [4.78, 5) is 16.0. The first kappa shape index (κ1) is 14.6. The Kier molecular flexibility index (Phi) is 5.17. The fraction of sp³-hybridized carbons (Fsp3) is 0.357. The molecule has 0 saturated heterocycles. The predicted molar refractivity (Wildman–Crippen MR) is 78.7 cm³/mol. The van der Waals surface area contributed by atoms with Gasteiger partial charge in [-0.2, -0.15) is 17.6 Å². The number of thiol groups is 1. The van der Waals surface area contributed by atoms with Gasteiger partial charge in [0.05, 0.1) is 5.25 Å². The van der Waals surface area contributed by atoms with E-state index in [4.69, 9.17) is 4.52 Å². The number of benzene rings is 1. The second-order valence-electron chi connectivity index (χ2n) is 4.48. The van der Waals surface area contributed by atoms with Gasteiger partial charge in [-0.1, -0.05) is 35.5 Å². The molecule has 0 aliphatic heterocycles. The second-order valence-corrected chi connectivity index (χ2v) is 5.11. The SMILES string of the molecule is Cc1noc(CCNC(=O)C(S)Cc2ccccc2)n1. The van der Waals surface area contributed by atoms with Gasteiger partial charge < -0.3 is 9.84 Å². The number of hydrogen-bond acceptors (Lipinski definition) is 5. The fourth-order valence-electron chi connectivity index (χ4n) is 1.78. The molecule has 0 radical (unpaired) electrons. The first-order valence-corrected chi connectivity index (χ1v) is 6.95. The van der Waals surface area contributed by atoms with Crippen LogP contribution in [0.15, 0.2) is 34.9 Å². The number of carbonyl (C=O) groups is 1. The summed E-state index contributed by atoms with van der Waals surface area (Å²) in [6.45, 7) is 2.22. The van der Waals surface area contributed by atoms with E-state index in [-0.39, 0.29) is 11.2 Å². The Labute approximate surface area is 123 Å². The Morgan fingerprint density at radius 3 is 2.80 bits per heavy atom. The molecule has 20 heavy (non-hydrogen) atoms. The molecule has 1 heterocycles. The molecule has 1 unspecified atom stereocenters. The van der Waals surface area contributed by atoms with Gasteiger partial charge >= 0.3 is 0 Å². The van der Waals surface area contributed by atoms with E-state index >= 15 is 0 Å². The molecule has 0 bridgehead atoms. The topological polar surface area (TPSA) is 68.0 Å². The molecule has 106 valence electrons. The highest BCUT2D eigenvalue weighted by molar-refractivity contribution is 7.81. The summed E-state index contributed by atoms with van der Waals surface area (Å²) in [5.74, 6) is 1.04. The van der Waals surface area contributed by atoms with Crippen LogP contribution in [0.25, 0.3) is 0 Å². The normalized spacial score (nSPS) is 12.1. The molecule has 0 saturated carbocycles. The summed E-state index contributed by atoms with van der Waals surface area (Å²) in [6.07, 6.45) is 1.13. The molecule has 1 aromatic heterocycles. The van der Waals surface area contributed by atoms with Crippen molar-refractivity contribution < 1.29 is 9.32 Å². The average molecular weight is 291 g/mol. The van der Waals surface area contributed by atoms with Crippen LogP contribution in [0.5, 0.6) is 0 Å². The molecule has 1 atom stereocenters. The lowest BCUT2D eigenvalue weighted by Crippen LogP contribution is -2.34. The van der Waals surface area contributed by atoms with Crippen LogP contribution in [0, 0.1) is 6.92 Å². The number of nitrogens with one attached hydrogen (secondary N) is 1. The van der Waals surface area contributed by atoms with E-state index in [0.29, 0.717) is 31.1 Å². The molecule has 1 aromatic carbocycles. The maximum absolute atomic E-state index is 11.9. The van der Waals surface area contributed by atoms with Crippen LogP contribution in [0.1, 0.15) is 17.3 Å². The lowest BCUT2D eigenvalue weighted by atomic mass is 10.1. The molecule has 2 rings (SSSR count). The third-order valence-corrected chi connectivity index (χ3v) is 3.20. The summed E-state index contributed by atoms with van der Waals surface area (Å²) in [5, 5.41) is 6.15. The number of rotatable bonds is 6. The maximum atomic E-state index is 11.9. The van der Waals surface area contributed by atoms with Crippen molar-refractivity contribution in [3.8, 4) is 0 Å². The lowest BCUT2D eigenvalue weighted by molar-refractivity contribution is -0.120. The van der Waals surface area contributed by atoms with Gasteiger partial charge in [0.2, 0.25) is 11.8 Å². The number of nitrogens with zero attached hydrogens (tertiary/aromatic N) is 2. The average Bonchev–Trinajstić information content (AvgIpc) is 2.85. The van der Waals surface area contributed by atoms with Crippen molar-refractivity contribution in [1.82, 2.24) is 15.5 Å². The van der Waals surface area contributed by atoms with Crippen molar-refractivity contribution in [2.24, 2.45) is 0 Å². The molecule has 6 heteroatoms. The highest BCUT2D eigenvalue weighted by Gasteiger charge is 2.14. The summed E-state index contributed by atoms with van der Waals surface area (Å²) in [7, 11) is 0. The quantitative estimate of drug-likeness (QED) is 0.793. The third kappa shape index (κ3) is 4.38. The number of amides is 1. The predicted octanol–water partition coefficient (Wildman–Crippen LogP) is 1.58. The minimum atomic E-state index is -0.359. The van der Waals surface area contributed by atoms with Gasteiger partial charge in [0.25, 0.3) is 0 Å². The van der Waals surface area contributed by atoms with Gasteiger partial charge in [-0.05, 0) is 18.9 Å². The van der Waals surface area contributed by atoms with Crippen LogP contribution in [0.3, 0.4) is 0 Å². The van der Waals surface area contributed by atoms with Crippen LogP contribution in [-0.2, 0) is 17.6 Å². The molecule has 0 aliphatic carbocycles. The zero-order valence-corrected chi connectivity index (χ0v) is 12.1. The third-order valence-electron chi connectivity index (χ3n) is 2.78. The monoisotopic (exact) mass is 291 g/mol. The maximum Gasteiger partial charge on any atom is 0.233 e. The zero-order valence-electron chi connectivity index (χ0n) is 11.2. The summed E-state index contributed by atoms with van der Waals surface area (Å²) < 4.78 is 4.97. The van der Waals surface area contributed by atoms with E-state index in [1.807, 2.05) is 30.3 Å². The van der Waals surface area contributed by atoms with Crippen LogP contribution in [-0.4, -0.2) is 27.8 Å². The van der Waals surface area contributed by atoms with Crippen LogP contribution >= 0.6 is 12.6 Å². The minimum absolute atomic E-state index is 0.0894. The van der Waals surface area contributed by atoms with E-state index in [9.17, 15) is 4.79 Å². The van der Waals surface area contributed by atoms with Crippen molar-refractivity contribution in [3.63, 3.8) is 0 Å². The Morgan fingerprint density at radius 2 is 2.15 bits per heavy atom. The fourth-order valence-corrected chi connectivity index (χ4v) is 2.08. The van der Waals surface area contributed by atoms with E-state index < -0.39 is 0 Å². The van der Waals surface area contributed by atoms with Crippen LogP contribution in [0.4, 0.5) is 0 Å². The highest BCUT2D eigenvalue weighted by Crippen LogP contribution is 2.07. The Morgan fingerprint density at radius 1 is 1.40 bits per heavy atom. The van der Waals surface area contributed by atoms with E-state index in [1.54, 1.807) is 6.92 Å². The zero-order chi connectivity index (χ0) is 14.4. The molecule has 5 nitrogen and oxygen atoms in total. The van der Waals surface area contributed by atoms with Crippen molar-refractivity contribution >= 4 is 18.5 Å². The van der Waals surface area contributed by atoms with Gasteiger partial charge in [-0.3, -0.25) is 4.79 Å². The number of aryl methyl sites for hydroxylation is 1. The first-order valence-electron chi connectivity index (χ1n) is 6.44. The molecule has 0 aliphatic rings. The molecular weight excluding hydrogens is 274 g/mol. The number of carbonyl (C=O) groups excluding carboxylic acids is 1.